The molecule has 0 unspecified atom stereocenters. The molecule has 1 aromatic carbocycles. The molecule has 0 aliphatic carbocycles. The highest BCUT2D eigenvalue weighted by molar-refractivity contribution is 5.83. The van der Waals surface area contributed by atoms with Crippen LogP contribution in [-0.2, 0) is 9.53 Å². The average Bonchev–Trinajstić information content (AvgIpc) is 2.49. The number of amides is 1. The first-order valence-electron chi connectivity index (χ1n) is 7.33. The van der Waals surface area contributed by atoms with Crippen LogP contribution in [0.1, 0.15) is 31.4 Å². The lowest BCUT2D eigenvalue weighted by Crippen LogP contribution is -2.50. The van der Waals surface area contributed by atoms with E-state index in [0.29, 0.717) is 6.61 Å². The van der Waals surface area contributed by atoms with E-state index < -0.39 is 5.41 Å². The maximum atomic E-state index is 13.0. The first-order valence-corrected chi connectivity index (χ1v) is 7.33. The molecule has 1 saturated heterocycles. The summed E-state index contributed by atoms with van der Waals surface area (Å²) in [6, 6.07) is 6.07. The zero-order chi connectivity index (χ0) is 15.3. The first kappa shape index (κ1) is 15.9. The molecule has 5 heteroatoms. The molecule has 0 saturated carbocycles. The number of piperidine rings is 1. The van der Waals surface area contributed by atoms with Crippen LogP contribution in [-0.4, -0.2) is 32.7 Å². The van der Waals surface area contributed by atoms with Crippen LogP contribution in [0.25, 0.3) is 0 Å². The summed E-state index contributed by atoms with van der Waals surface area (Å²) in [6.45, 7) is 3.98. The van der Waals surface area contributed by atoms with Gasteiger partial charge in [-0.3, -0.25) is 4.79 Å². The van der Waals surface area contributed by atoms with Crippen molar-refractivity contribution in [2.24, 2.45) is 5.41 Å². The molecule has 1 fully saturated rings. The van der Waals surface area contributed by atoms with Crippen molar-refractivity contribution in [3.8, 4) is 0 Å². The highest BCUT2D eigenvalue weighted by atomic mass is 19.1. The van der Waals surface area contributed by atoms with E-state index in [1.165, 1.54) is 12.1 Å². The number of methoxy groups -OCH3 is 1. The number of benzene rings is 1. The molecule has 1 aliphatic heterocycles. The second kappa shape index (κ2) is 7.00. The third-order valence-electron chi connectivity index (χ3n) is 4.18. The molecule has 116 valence electrons. The van der Waals surface area contributed by atoms with Crippen molar-refractivity contribution >= 4 is 5.91 Å². The molecule has 1 atom stereocenters. The molecule has 0 aromatic heterocycles. The number of halogens is 1. The number of hydrogen-bond acceptors (Lipinski definition) is 3. The summed E-state index contributed by atoms with van der Waals surface area (Å²) in [4.78, 5) is 12.7. The number of carbonyl (C=O) groups is 1. The predicted molar refractivity (Wildman–Crippen MR) is 79.4 cm³/mol. The number of carbonyl (C=O) groups excluding carboxylic acids is 1. The number of ether oxygens (including phenoxy) is 1. The molecule has 1 amide bonds. The molecule has 0 radical (unpaired) electrons. The summed E-state index contributed by atoms with van der Waals surface area (Å²) in [5.41, 5.74) is 0.431. The molecular formula is C16H23FN2O2. The molecular weight excluding hydrogens is 271 g/mol. The maximum Gasteiger partial charge on any atom is 0.229 e. The predicted octanol–water partition coefficient (Wildman–Crippen LogP) is 2.02. The Hall–Kier alpha value is -1.46. The molecule has 2 N–H and O–H groups in total. The van der Waals surface area contributed by atoms with Crippen molar-refractivity contribution in [1.29, 1.82) is 0 Å². The summed E-state index contributed by atoms with van der Waals surface area (Å²) in [7, 11) is 1.63. The Morgan fingerprint density at radius 2 is 2.00 bits per heavy atom. The van der Waals surface area contributed by atoms with Crippen molar-refractivity contribution < 1.29 is 13.9 Å². The van der Waals surface area contributed by atoms with Crippen LogP contribution in [0.2, 0.25) is 0 Å². The fourth-order valence-electron chi connectivity index (χ4n) is 2.80. The Labute approximate surface area is 125 Å². The maximum absolute atomic E-state index is 13.0. The molecule has 4 nitrogen and oxygen atoms in total. The Bertz CT molecular complexity index is 464. The van der Waals surface area contributed by atoms with Gasteiger partial charge < -0.3 is 15.4 Å². The van der Waals surface area contributed by atoms with Crippen LogP contribution in [0.5, 0.6) is 0 Å². The summed E-state index contributed by atoms with van der Waals surface area (Å²) >= 11 is 0. The van der Waals surface area contributed by atoms with Gasteiger partial charge in [0.15, 0.2) is 0 Å². The van der Waals surface area contributed by atoms with E-state index in [1.807, 2.05) is 6.92 Å². The number of hydrogen-bond donors (Lipinski definition) is 2. The fraction of sp³-hybridized carbons (Fsp3) is 0.562. The van der Waals surface area contributed by atoms with Crippen LogP contribution in [0.15, 0.2) is 24.3 Å². The number of rotatable bonds is 5. The normalized spacial score (nSPS) is 19.0. The van der Waals surface area contributed by atoms with Crippen LogP contribution < -0.4 is 10.6 Å². The van der Waals surface area contributed by atoms with E-state index in [1.54, 1.807) is 19.2 Å². The Morgan fingerprint density at radius 3 is 2.57 bits per heavy atom. The first-order chi connectivity index (χ1) is 10.1. The Balaban J connectivity index is 2.05. The van der Waals surface area contributed by atoms with Crippen LogP contribution in [0.4, 0.5) is 4.39 Å². The summed E-state index contributed by atoms with van der Waals surface area (Å²) in [5.74, 6) is -0.255. The Morgan fingerprint density at radius 1 is 1.38 bits per heavy atom. The smallest absolute Gasteiger partial charge is 0.229 e. The SMILES string of the molecule is COCC1(C(=O)N[C@H](C)c2ccc(F)cc2)CCNCC1. The molecule has 1 heterocycles. The van der Waals surface area contributed by atoms with Crippen LogP contribution in [0.3, 0.4) is 0 Å². The lowest BCUT2D eigenvalue weighted by atomic mass is 9.78. The van der Waals surface area contributed by atoms with Gasteiger partial charge in [-0.15, -0.1) is 0 Å². The van der Waals surface area contributed by atoms with Gasteiger partial charge in [-0.2, -0.15) is 0 Å². The van der Waals surface area contributed by atoms with E-state index >= 15 is 0 Å². The van der Waals surface area contributed by atoms with Gasteiger partial charge in [-0.1, -0.05) is 12.1 Å². The summed E-state index contributed by atoms with van der Waals surface area (Å²) in [6.07, 6.45) is 1.53. The zero-order valence-electron chi connectivity index (χ0n) is 12.6. The average molecular weight is 294 g/mol. The highest BCUT2D eigenvalue weighted by Gasteiger charge is 2.40. The van der Waals surface area contributed by atoms with Gasteiger partial charge in [0.2, 0.25) is 5.91 Å². The highest BCUT2D eigenvalue weighted by Crippen LogP contribution is 2.30. The van der Waals surface area contributed by atoms with Gasteiger partial charge in [0, 0.05) is 7.11 Å². The summed E-state index contributed by atoms with van der Waals surface area (Å²) in [5, 5.41) is 6.31. The van der Waals surface area contributed by atoms with Gasteiger partial charge in [0.1, 0.15) is 5.82 Å². The van der Waals surface area contributed by atoms with Gasteiger partial charge in [0.05, 0.1) is 18.1 Å². The lowest BCUT2D eigenvalue weighted by Gasteiger charge is -2.36. The number of nitrogens with one attached hydrogen (secondary N) is 2. The second-order valence-corrected chi connectivity index (χ2v) is 5.71. The molecule has 0 spiro atoms. The minimum absolute atomic E-state index is 0.0164. The molecule has 21 heavy (non-hydrogen) atoms. The molecule has 1 aromatic rings. The fourth-order valence-corrected chi connectivity index (χ4v) is 2.80. The van der Waals surface area contributed by atoms with Crippen LogP contribution in [0, 0.1) is 11.2 Å². The van der Waals surface area contributed by atoms with Crippen molar-refractivity contribution in [1.82, 2.24) is 10.6 Å². The summed E-state index contributed by atoms with van der Waals surface area (Å²) < 4.78 is 18.2. The third-order valence-corrected chi connectivity index (χ3v) is 4.18. The third kappa shape index (κ3) is 3.80. The van der Waals surface area contributed by atoms with E-state index in [4.69, 9.17) is 4.74 Å². The quantitative estimate of drug-likeness (QED) is 0.873. The van der Waals surface area contributed by atoms with E-state index in [0.717, 1.165) is 31.5 Å². The standard InChI is InChI=1S/C16H23FN2O2/c1-12(13-3-5-14(17)6-4-13)19-15(20)16(11-21-2)7-9-18-10-8-16/h3-6,12,18H,7-11H2,1-2H3,(H,19,20)/t12-/m1/s1. The van der Waals surface area contributed by atoms with Crippen molar-refractivity contribution in [3.63, 3.8) is 0 Å². The second-order valence-electron chi connectivity index (χ2n) is 5.71. The lowest BCUT2D eigenvalue weighted by molar-refractivity contribution is -0.136. The topological polar surface area (TPSA) is 50.4 Å². The van der Waals surface area contributed by atoms with Gasteiger partial charge >= 0.3 is 0 Å². The van der Waals surface area contributed by atoms with Gasteiger partial charge in [0.25, 0.3) is 0 Å². The van der Waals surface area contributed by atoms with Gasteiger partial charge in [-0.05, 0) is 50.6 Å². The molecule has 1 aliphatic rings. The van der Waals surface area contributed by atoms with E-state index in [2.05, 4.69) is 10.6 Å². The van der Waals surface area contributed by atoms with Crippen molar-refractivity contribution in [2.75, 3.05) is 26.8 Å². The molecule has 2 rings (SSSR count). The largest absolute Gasteiger partial charge is 0.384 e. The Kier molecular flexibility index (Phi) is 5.31. The monoisotopic (exact) mass is 294 g/mol. The minimum Gasteiger partial charge on any atom is -0.384 e. The van der Waals surface area contributed by atoms with Crippen molar-refractivity contribution in [3.05, 3.63) is 35.6 Å². The van der Waals surface area contributed by atoms with E-state index in [-0.39, 0.29) is 17.8 Å². The molecule has 0 bridgehead atoms. The van der Waals surface area contributed by atoms with E-state index in [9.17, 15) is 9.18 Å². The van der Waals surface area contributed by atoms with Crippen molar-refractivity contribution in [2.45, 2.75) is 25.8 Å². The van der Waals surface area contributed by atoms with Crippen LogP contribution >= 0.6 is 0 Å². The minimum atomic E-state index is -0.464. The zero-order valence-corrected chi connectivity index (χ0v) is 12.6. The van der Waals surface area contributed by atoms with Gasteiger partial charge in [-0.25, -0.2) is 4.39 Å².